The molecule has 0 radical (unpaired) electrons. The fourth-order valence-electron chi connectivity index (χ4n) is 1.90. The third kappa shape index (κ3) is 0.775. The first-order valence-corrected chi connectivity index (χ1v) is 3.64. The summed E-state index contributed by atoms with van der Waals surface area (Å²) >= 11 is 0. The molecule has 1 heterocycles. The molecule has 0 aromatic heterocycles. The minimum absolute atomic E-state index is 0.467. The van der Waals surface area contributed by atoms with Crippen LogP contribution in [0.1, 0.15) is 19.3 Å². The molecule has 2 N–H and O–H groups in total. The predicted molar refractivity (Wildman–Crippen MR) is 35.1 cm³/mol. The van der Waals surface area contributed by atoms with Crippen LogP contribution in [0.15, 0.2) is 0 Å². The van der Waals surface area contributed by atoms with Crippen molar-refractivity contribution < 1.29 is 4.74 Å². The number of hydrogen-bond donors (Lipinski definition) is 1. The van der Waals surface area contributed by atoms with Crippen molar-refractivity contribution in [1.82, 2.24) is 0 Å². The third-order valence-electron chi connectivity index (χ3n) is 2.56. The smallest absolute Gasteiger partial charge is 0.0545 e. The van der Waals surface area contributed by atoms with Crippen LogP contribution in [0.5, 0.6) is 0 Å². The van der Waals surface area contributed by atoms with Crippen molar-refractivity contribution in [3.05, 3.63) is 0 Å². The van der Waals surface area contributed by atoms with Crippen molar-refractivity contribution in [2.45, 2.75) is 25.3 Å². The highest BCUT2D eigenvalue weighted by atomic mass is 16.5. The van der Waals surface area contributed by atoms with Gasteiger partial charge in [-0.05, 0) is 19.3 Å². The molecule has 1 aliphatic carbocycles. The second kappa shape index (κ2) is 1.70. The maximum atomic E-state index is 5.76. The van der Waals surface area contributed by atoms with Gasteiger partial charge in [-0.2, -0.15) is 0 Å². The van der Waals surface area contributed by atoms with Crippen LogP contribution >= 0.6 is 0 Å². The summed E-state index contributed by atoms with van der Waals surface area (Å²) in [6.07, 6.45) is 3.71. The van der Waals surface area contributed by atoms with Gasteiger partial charge in [0.15, 0.2) is 0 Å². The summed E-state index contributed by atoms with van der Waals surface area (Å²) in [5, 5.41) is 0. The third-order valence-corrected chi connectivity index (χ3v) is 2.56. The number of rotatable bonds is 0. The van der Waals surface area contributed by atoms with Gasteiger partial charge in [0.25, 0.3) is 0 Å². The van der Waals surface area contributed by atoms with Crippen molar-refractivity contribution >= 4 is 0 Å². The van der Waals surface area contributed by atoms with Gasteiger partial charge in [-0.3, -0.25) is 0 Å². The van der Waals surface area contributed by atoms with E-state index in [2.05, 4.69) is 0 Å². The van der Waals surface area contributed by atoms with Crippen LogP contribution in [0.4, 0.5) is 0 Å². The van der Waals surface area contributed by atoms with Gasteiger partial charge in [-0.1, -0.05) is 0 Å². The Kier molecular flexibility index (Phi) is 1.08. The zero-order valence-electron chi connectivity index (χ0n) is 5.60. The Labute approximate surface area is 55.4 Å². The summed E-state index contributed by atoms with van der Waals surface area (Å²) in [5.41, 5.74) is 6.31. The molecule has 1 spiro atoms. The highest BCUT2D eigenvalue weighted by molar-refractivity contribution is 4.94. The van der Waals surface area contributed by atoms with Crippen LogP contribution in [-0.4, -0.2) is 19.3 Å². The second-order valence-corrected chi connectivity index (χ2v) is 3.50. The Morgan fingerprint density at radius 1 is 1.44 bits per heavy atom. The quantitative estimate of drug-likeness (QED) is 0.514. The summed E-state index contributed by atoms with van der Waals surface area (Å²) in [5.74, 6) is 0. The highest BCUT2D eigenvalue weighted by Gasteiger charge is 2.43. The van der Waals surface area contributed by atoms with Crippen LogP contribution in [0, 0.1) is 5.41 Å². The molecule has 1 aliphatic heterocycles. The lowest BCUT2D eigenvalue weighted by Crippen LogP contribution is -2.41. The fraction of sp³-hybridized carbons (Fsp3) is 1.00. The van der Waals surface area contributed by atoms with Crippen LogP contribution in [0.25, 0.3) is 0 Å². The van der Waals surface area contributed by atoms with E-state index in [4.69, 9.17) is 10.5 Å². The molecule has 2 fully saturated rings. The lowest BCUT2D eigenvalue weighted by Gasteiger charge is -2.37. The van der Waals surface area contributed by atoms with Crippen LogP contribution in [0.2, 0.25) is 0 Å². The Balaban J connectivity index is 1.99. The summed E-state index contributed by atoms with van der Waals surface area (Å²) < 4.78 is 5.15. The van der Waals surface area contributed by atoms with Crippen molar-refractivity contribution in [2.24, 2.45) is 11.1 Å². The molecule has 9 heavy (non-hydrogen) atoms. The molecule has 0 bridgehead atoms. The van der Waals surface area contributed by atoms with E-state index in [1.165, 1.54) is 19.3 Å². The van der Waals surface area contributed by atoms with Crippen molar-refractivity contribution in [3.63, 3.8) is 0 Å². The first-order valence-electron chi connectivity index (χ1n) is 3.64. The standard InChI is InChI=1S/C7H13NO/c8-6-1-2-7(3-6)4-9-5-7/h6H,1-5,8H2. The maximum Gasteiger partial charge on any atom is 0.0545 e. The lowest BCUT2D eigenvalue weighted by atomic mass is 9.84. The molecule has 2 nitrogen and oxygen atoms in total. The number of nitrogens with two attached hydrogens (primary N) is 1. The monoisotopic (exact) mass is 127 g/mol. The molecular weight excluding hydrogens is 114 g/mol. The molecule has 0 amide bonds. The molecule has 1 atom stereocenters. The summed E-state index contributed by atoms with van der Waals surface area (Å²) in [6, 6.07) is 0.467. The van der Waals surface area contributed by atoms with E-state index in [1.807, 2.05) is 0 Å². The SMILES string of the molecule is NC1CCC2(COC2)C1. The maximum absolute atomic E-state index is 5.76. The second-order valence-electron chi connectivity index (χ2n) is 3.50. The lowest BCUT2D eigenvalue weighted by molar-refractivity contribution is -0.108. The Bertz CT molecular complexity index is 120. The number of ether oxygens (including phenoxy) is 1. The van der Waals surface area contributed by atoms with Crippen molar-refractivity contribution in [2.75, 3.05) is 13.2 Å². The van der Waals surface area contributed by atoms with Gasteiger partial charge >= 0.3 is 0 Å². The van der Waals surface area contributed by atoms with E-state index in [0.29, 0.717) is 11.5 Å². The van der Waals surface area contributed by atoms with Gasteiger partial charge in [0.2, 0.25) is 0 Å². The van der Waals surface area contributed by atoms with E-state index in [-0.39, 0.29) is 0 Å². The van der Waals surface area contributed by atoms with E-state index >= 15 is 0 Å². The van der Waals surface area contributed by atoms with E-state index in [1.54, 1.807) is 0 Å². The Morgan fingerprint density at radius 2 is 2.22 bits per heavy atom. The molecule has 2 heteroatoms. The molecule has 2 rings (SSSR count). The van der Waals surface area contributed by atoms with E-state index < -0.39 is 0 Å². The number of hydrogen-bond acceptors (Lipinski definition) is 2. The van der Waals surface area contributed by atoms with Gasteiger partial charge in [0.05, 0.1) is 13.2 Å². The van der Waals surface area contributed by atoms with Crippen molar-refractivity contribution in [3.8, 4) is 0 Å². The topological polar surface area (TPSA) is 35.2 Å². The molecule has 0 aromatic rings. The Hall–Kier alpha value is -0.0800. The van der Waals surface area contributed by atoms with Crippen molar-refractivity contribution in [1.29, 1.82) is 0 Å². The molecule has 1 saturated heterocycles. The predicted octanol–water partition coefficient (Wildman–Crippen LogP) is 0.514. The van der Waals surface area contributed by atoms with Gasteiger partial charge < -0.3 is 10.5 Å². The van der Waals surface area contributed by atoms with Crippen LogP contribution < -0.4 is 5.73 Å². The van der Waals surface area contributed by atoms with Crippen LogP contribution in [0.3, 0.4) is 0 Å². The minimum Gasteiger partial charge on any atom is -0.380 e. The average molecular weight is 127 g/mol. The molecule has 0 aromatic carbocycles. The summed E-state index contributed by atoms with van der Waals surface area (Å²) in [7, 11) is 0. The minimum atomic E-state index is 0.467. The molecule has 2 aliphatic rings. The fourth-order valence-corrected chi connectivity index (χ4v) is 1.90. The van der Waals surface area contributed by atoms with E-state index in [9.17, 15) is 0 Å². The summed E-state index contributed by atoms with van der Waals surface area (Å²) in [6.45, 7) is 1.95. The Morgan fingerprint density at radius 3 is 2.44 bits per heavy atom. The first-order chi connectivity index (χ1) is 4.31. The van der Waals surface area contributed by atoms with Gasteiger partial charge in [-0.15, -0.1) is 0 Å². The highest BCUT2D eigenvalue weighted by Crippen LogP contribution is 2.43. The summed E-state index contributed by atoms with van der Waals surface area (Å²) in [4.78, 5) is 0. The van der Waals surface area contributed by atoms with E-state index in [0.717, 1.165) is 13.2 Å². The van der Waals surface area contributed by atoms with Gasteiger partial charge in [0.1, 0.15) is 0 Å². The normalized spacial score (nSPS) is 39.0. The average Bonchev–Trinajstić information content (AvgIpc) is 2.09. The van der Waals surface area contributed by atoms with Gasteiger partial charge in [0, 0.05) is 11.5 Å². The molecule has 1 unspecified atom stereocenters. The zero-order chi connectivity index (χ0) is 6.32. The molecule has 1 saturated carbocycles. The molecular formula is C7H13NO. The first kappa shape index (κ1) is 5.69. The van der Waals surface area contributed by atoms with Crippen LogP contribution in [-0.2, 0) is 4.74 Å². The van der Waals surface area contributed by atoms with Gasteiger partial charge in [-0.25, -0.2) is 0 Å². The zero-order valence-corrected chi connectivity index (χ0v) is 5.60. The largest absolute Gasteiger partial charge is 0.380 e. The molecule has 52 valence electrons.